The fourth-order valence-corrected chi connectivity index (χ4v) is 2.89. The number of rotatable bonds is 6. The van der Waals surface area contributed by atoms with E-state index in [0.29, 0.717) is 29.5 Å². The van der Waals surface area contributed by atoms with E-state index < -0.39 is 12.0 Å². The summed E-state index contributed by atoms with van der Waals surface area (Å²) in [5, 5.41) is 12.4. The number of amides is 1. The monoisotopic (exact) mass is 341 g/mol. The van der Waals surface area contributed by atoms with Gasteiger partial charge in [0.1, 0.15) is 11.8 Å². The van der Waals surface area contributed by atoms with Crippen LogP contribution in [0.2, 0.25) is 5.02 Å². The van der Waals surface area contributed by atoms with Crippen molar-refractivity contribution < 1.29 is 24.2 Å². The Kier molecular flexibility index (Phi) is 6.24. The van der Waals surface area contributed by atoms with Crippen LogP contribution in [0, 0.1) is 5.92 Å². The predicted octanol–water partition coefficient (Wildman–Crippen LogP) is 1.89. The lowest BCUT2D eigenvalue weighted by Crippen LogP contribution is -2.48. The van der Waals surface area contributed by atoms with Gasteiger partial charge in [0, 0.05) is 23.1 Å². The second-order valence-corrected chi connectivity index (χ2v) is 5.93. The van der Waals surface area contributed by atoms with E-state index in [2.05, 4.69) is 5.32 Å². The molecule has 23 heavy (non-hydrogen) atoms. The van der Waals surface area contributed by atoms with Crippen LogP contribution in [0.25, 0.3) is 0 Å². The van der Waals surface area contributed by atoms with Crippen LogP contribution < -0.4 is 10.1 Å². The third kappa shape index (κ3) is 4.84. The Bertz CT molecular complexity index is 572. The first-order chi connectivity index (χ1) is 11.0. The molecule has 2 atom stereocenters. The summed E-state index contributed by atoms with van der Waals surface area (Å²) in [5.41, 5.74) is 0.613. The molecule has 1 amide bonds. The molecular formula is C16H20ClNO5. The standard InChI is InChI=1S/C16H20ClNO5/c1-22-13-5-4-12(17)7-11(13)8-14(19)18-15(16(20)21)10-3-2-6-23-9-10/h4-5,7,10,15H,2-3,6,8-9H2,1H3,(H,18,19)(H,20,21). The minimum absolute atomic E-state index is 0.00108. The molecule has 1 heterocycles. The highest BCUT2D eigenvalue weighted by atomic mass is 35.5. The van der Waals surface area contributed by atoms with Crippen molar-refractivity contribution in [2.75, 3.05) is 20.3 Å². The highest BCUT2D eigenvalue weighted by Gasteiger charge is 2.31. The van der Waals surface area contributed by atoms with Gasteiger partial charge in [0.15, 0.2) is 0 Å². The number of carboxylic acid groups (broad SMARTS) is 1. The van der Waals surface area contributed by atoms with Gasteiger partial charge in [0.25, 0.3) is 0 Å². The molecule has 0 aromatic heterocycles. The Labute approximate surface area is 139 Å². The summed E-state index contributed by atoms with van der Waals surface area (Å²) >= 11 is 5.94. The van der Waals surface area contributed by atoms with E-state index in [1.54, 1.807) is 18.2 Å². The number of hydrogen-bond acceptors (Lipinski definition) is 4. The zero-order chi connectivity index (χ0) is 16.8. The Morgan fingerprint density at radius 2 is 2.30 bits per heavy atom. The van der Waals surface area contributed by atoms with Crippen molar-refractivity contribution in [3.8, 4) is 5.75 Å². The minimum Gasteiger partial charge on any atom is -0.496 e. The van der Waals surface area contributed by atoms with E-state index >= 15 is 0 Å². The number of carbonyl (C=O) groups is 2. The van der Waals surface area contributed by atoms with Gasteiger partial charge in [-0.25, -0.2) is 4.79 Å². The first-order valence-corrected chi connectivity index (χ1v) is 7.81. The summed E-state index contributed by atoms with van der Waals surface area (Å²) in [5.74, 6) is -1.11. The molecule has 1 aromatic rings. The maximum Gasteiger partial charge on any atom is 0.326 e. The maximum absolute atomic E-state index is 12.2. The molecule has 6 nitrogen and oxygen atoms in total. The zero-order valence-electron chi connectivity index (χ0n) is 12.9. The van der Waals surface area contributed by atoms with Crippen LogP contribution in [-0.2, 0) is 20.7 Å². The SMILES string of the molecule is COc1ccc(Cl)cc1CC(=O)NC(C(=O)O)C1CCCOC1. The Morgan fingerprint density at radius 1 is 1.52 bits per heavy atom. The molecule has 7 heteroatoms. The largest absolute Gasteiger partial charge is 0.496 e. The molecule has 1 fully saturated rings. The third-order valence-corrected chi connectivity index (χ3v) is 4.08. The molecule has 1 aromatic carbocycles. The van der Waals surface area contributed by atoms with Gasteiger partial charge in [0.2, 0.25) is 5.91 Å². The second-order valence-electron chi connectivity index (χ2n) is 5.49. The number of nitrogens with one attached hydrogen (secondary N) is 1. The molecule has 0 bridgehead atoms. The van der Waals surface area contributed by atoms with Gasteiger partial charge in [0.05, 0.1) is 20.1 Å². The molecule has 0 aliphatic carbocycles. The Hall–Kier alpha value is -1.79. The normalized spacial score (nSPS) is 19.0. The molecule has 2 N–H and O–H groups in total. The number of carboxylic acids is 1. The Morgan fingerprint density at radius 3 is 2.91 bits per heavy atom. The number of hydrogen-bond donors (Lipinski definition) is 2. The van der Waals surface area contributed by atoms with Crippen LogP contribution in [0.1, 0.15) is 18.4 Å². The molecule has 0 spiro atoms. The number of carbonyl (C=O) groups excluding carboxylic acids is 1. The highest BCUT2D eigenvalue weighted by Crippen LogP contribution is 2.23. The average Bonchev–Trinajstić information content (AvgIpc) is 2.53. The van der Waals surface area contributed by atoms with Crippen molar-refractivity contribution in [2.45, 2.75) is 25.3 Å². The molecular weight excluding hydrogens is 322 g/mol. The fourth-order valence-electron chi connectivity index (χ4n) is 2.69. The van der Waals surface area contributed by atoms with E-state index in [9.17, 15) is 14.7 Å². The molecule has 0 radical (unpaired) electrons. The van der Waals surface area contributed by atoms with Crippen LogP contribution in [0.4, 0.5) is 0 Å². The topological polar surface area (TPSA) is 84.9 Å². The van der Waals surface area contributed by atoms with Crippen molar-refractivity contribution in [3.63, 3.8) is 0 Å². The fraction of sp³-hybridized carbons (Fsp3) is 0.500. The number of halogens is 1. The lowest BCUT2D eigenvalue weighted by molar-refractivity contribution is -0.145. The number of ether oxygens (including phenoxy) is 2. The quantitative estimate of drug-likeness (QED) is 0.825. The first-order valence-electron chi connectivity index (χ1n) is 7.43. The van der Waals surface area contributed by atoms with Crippen LogP contribution in [-0.4, -0.2) is 43.3 Å². The molecule has 2 rings (SSSR count). The zero-order valence-corrected chi connectivity index (χ0v) is 13.6. The van der Waals surface area contributed by atoms with Crippen molar-refractivity contribution in [2.24, 2.45) is 5.92 Å². The van der Waals surface area contributed by atoms with Crippen LogP contribution >= 0.6 is 11.6 Å². The molecule has 0 saturated carbocycles. The van der Waals surface area contributed by atoms with Gasteiger partial charge in [-0.2, -0.15) is 0 Å². The smallest absolute Gasteiger partial charge is 0.326 e. The molecule has 1 saturated heterocycles. The van der Waals surface area contributed by atoms with Crippen molar-refractivity contribution in [3.05, 3.63) is 28.8 Å². The van der Waals surface area contributed by atoms with Gasteiger partial charge in [-0.3, -0.25) is 4.79 Å². The Balaban J connectivity index is 2.04. The summed E-state index contributed by atoms with van der Waals surface area (Å²) in [4.78, 5) is 23.7. The second kappa shape index (κ2) is 8.17. The van der Waals surface area contributed by atoms with Gasteiger partial charge >= 0.3 is 5.97 Å². The number of methoxy groups -OCH3 is 1. The van der Waals surface area contributed by atoms with Crippen LogP contribution in [0.15, 0.2) is 18.2 Å². The molecule has 126 valence electrons. The summed E-state index contributed by atoms with van der Waals surface area (Å²) in [6.45, 7) is 0.980. The number of aliphatic carboxylic acids is 1. The summed E-state index contributed by atoms with van der Waals surface area (Å²) in [6, 6.07) is 4.03. The third-order valence-electron chi connectivity index (χ3n) is 3.84. The van der Waals surface area contributed by atoms with Crippen molar-refractivity contribution in [1.29, 1.82) is 0 Å². The van der Waals surface area contributed by atoms with Gasteiger partial charge in [-0.15, -0.1) is 0 Å². The number of benzene rings is 1. The van der Waals surface area contributed by atoms with Crippen LogP contribution in [0.5, 0.6) is 5.75 Å². The van der Waals surface area contributed by atoms with E-state index in [1.165, 1.54) is 7.11 Å². The van der Waals surface area contributed by atoms with Crippen LogP contribution in [0.3, 0.4) is 0 Å². The highest BCUT2D eigenvalue weighted by molar-refractivity contribution is 6.30. The summed E-state index contributed by atoms with van der Waals surface area (Å²) in [6.07, 6.45) is 1.52. The van der Waals surface area contributed by atoms with E-state index in [1.807, 2.05) is 0 Å². The van der Waals surface area contributed by atoms with Crippen molar-refractivity contribution >= 4 is 23.5 Å². The summed E-state index contributed by atoms with van der Waals surface area (Å²) in [7, 11) is 1.50. The molecule has 1 aliphatic heterocycles. The van der Waals surface area contributed by atoms with Gasteiger partial charge in [-0.1, -0.05) is 11.6 Å². The predicted molar refractivity (Wildman–Crippen MR) is 84.8 cm³/mol. The van der Waals surface area contributed by atoms with Gasteiger partial charge in [-0.05, 0) is 31.0 Å². The average molecular weight is 342 g/mol. The first kappa shape index (κ1) is 17.6. The minimum atomic E-state index is -1.05. The molecule has 2 unspecified atom stereocenters. The lowest BCUT2D eigenvalue weighted by atomic mass is 9.93. The van der Waals surface area contributed by atoms with Gasteiger partial charge < -0.3 is 19.9 Å². The maximum atomic E-state index is 12.2. The molecule has 1 aliphatic rings. The summed E-state index contributed by atoms with van der Waals surface area (Å²) < 4.78 is 10.5. The van der Waals surface area contributed by atoms with E-state index in [0.717, 1.165) is 12.8 Å². The van der Waals surface area contributed by atoms with E-state index in [-0.39, 0.29) is 18.2 Å². The van der Waals surface area contributed by atoms with E-state index in [4.69, 9.17) is 21.1 Å². The van der Waals surface area contributed by atoms with Crippen molar-refractivity contribution in [1.82, 2.24) is 5.32 Å². The lowest BCUT2D eigenvalue weighted by Gasteiger charge is -2.28.